The Bertz CT molecular complexity index is 377. The number of nitrogens with two attached hydrogens (primary N) is 1. The molecule has 100 valence electrons. The number of para-hydroxylation sites is 1. The molecule has 1 aliphatic heterocycles. The fourth-order valence-electron chi connectivity index (χ4n) is 2.86. The summed E-state index contributed by atoms with van der Waals surface area (Å²) in [5, 5.41) is 9.08. The monoisotopic (exact) mass is 248 g/mol. The zero-order valence-electron chi connectivity index (χ0n) is 11.2. The molecule has 0 aromatic heterocycles. The van der Waals surface area contributed by atoms with Gasteiger partial charge in [0.05, 0.1) is 0 Å². The number of aliphatic hydroxyl groups is 1. The number of aliphatic hydroxyl groups excluding tert-OH is 1. The van der Waals surface area contributed by atoms with Gasteiger partial charge < -0.3 is 15.7 Å². The third kappa shape index (κ3) is 3.03. The molecule has 1 aromatic carbocycles. The molecule has 1 unspecified atom stereocenters. The second kappa shape index (κ2) is 6.21. The number of benzene rings is 1. The Labute approximate surface area is 110 Å². The van der Waals surface area contributed by atoms with E-state index in [1.54, 1.807) is 0 Å². The highest BCUT2D eigenvalue weighted by molar-refractivity contribution is 5.55. The van der Waals surface area contributed by atoms with Crippen molar-refractivity contribution in [1.29, 1.82) is 0 Å². The molecule has 1 heterocycles. The molecule has 0 aliphatic carbocycles. The van der Waals surface area contributed by atoms with E-state index >= 15 is 0 Å². The van der Waals surface area contributed by atoms with E-state index in [9.17, 15) is 0 Å². The molecule has 1 saturated heterocycles. The summed E-state index contributed by atoms with van der Waals surface area (Å²) in [4.78, 5) is 2.43. The van der Waals surface area contributed by atoms with Gasteiger partial charge in [-0.2, -0.15) is 0 Å². The van der Waals surface area contributed by atoms with E-state index in [1.807, 2.05) is 6.92 Å². The summed E-state index contributed by atoms with van der Waals surface area (Å²) in [6.07, 6.45) is 3.35. The number of hydrogen-bond acceptors (Lipinski definition) is 3. The van der Waals surface area contributed by atoms with Crippen LogP contribution in [0.2, 0.25) is 0 Å². The Morgan fingerprint density at radius 2 is 2.22 bits per heavy atom. The van der Waals surface area contributed by atoms with Crippen LogP contribution in [-0.4, -0.2) is 24.8 Å². The van der Waals surface area contributed by atoms with Gasteiger partial charge in [0.15, 0.2) is 0 Å². The van der Waals surface area contributed by atoms with Gasteiger partial charge in [-0.25, -0.2) is 0 Å². The van der Waals surface area contributed by atoms with E-state index in [2.05, 4.69) is 29.2 Å². The van der Waals surface area contributed by atoms with Crippen LogP contribution in [0.3, 0.4) is 0 Å². The van der Waals surface area contributed by atoms with Gasteiger partial charge >= 0.3 is 0 Å². The molecule has 1 fully saturated rings. The minimum atomic E-state index is 0.0689. The van der Waals surface area contributed by atoms with Gasteiger partial charge in [-0.15, -0.1) is 0 Å². The number of rotatable bonds is 4. The third-order valence-corrected chi connectivity index (χ3v) is 3.82. The fraction of sp³-hybridized carbons (Fsp3) is 0.600. The first-order chi connectivity index (χ1) is 8.72. The van der Waals surface area contributed by atoms with Crippen molar-refractivity contribution >= 4 is 5.69 Å². The average Bonchev–Trinajstić information content (AvgIpc) is 2.39. The molecule has 18 heavy (non-hydrogen) atoms. The van der Waals surface area contributed by atoms with Crippen molar-refractivity contribution in [3.63, 3.8) is 0 Å². The predicted octanol–water partition coefficient (Wildman–Crippen LogP) is 2.31. The smallest absolute Gasteiger partial charge is 0.0434 e. The lowest BCUT2D eigenvalue weighted by molar-refractivity contribution is 0.244. The first-order valence-electron chi connectivity index (χ1n) is 6.92. The topological polar surface area (TPSA) is 49.5 Å². The van der Waals surface area contributed by atoms with Gasteiger partial charge in [0.25, 0.3) is 0 Å². The van der Waals surface area contributed by atoms with Crippen molar-refractivity contribution in [2.75, 3.05) is 24.6 Å². The minimum Gasteiger partial charge on any atom is -0.396 e. The molecule has 3 heteroatoms. The zero-order valence-corrected chi connectivity index (χ0v) is 11.2. The number of anilines is 1. The van der Waals surface area contributed by atoms with E-state index in [-0.39, 0.29) is 6.04 Å². The van der Waals surface area contributed by atoms with Crippen LogP contribution in [-0.2, 0) is 0 Å². The standard InChI is InChI=1S/C15H24N2O/c1-12(16)14-6-2-3-7-15(14)17-9-4-5-13(11-17)8-10-18/h2-3,6-7,12-13,18H,4-5,8-11,16H2,1H3/t12-,13?/m1/s1. The number of piperidine rings is 1. The molecular formula is C15H24N2O. The van der Waals surface area contributed by atoms with Gasteiger partial charge in [-0.1, -0.05) is 18.2 Å². The highest BCUT2D eigenvalue weighted by Crippen LogP contribution is 2.29. The van der Waals surface area contributed by atoms with Crippen LogP contribution < -0.4 is 10.6 Å². The third-order valence-electron chi connectivity index (χ3n) is 3.82. The van der Waals surface area contributed by atoms with Crippen molar-refractivity contribution in [3.8, 4) is 0 Å². The van der Waals surface area contributed by atoms with Gasteiger partial charge in [0, 0.05) is 31.4 Å². The van der Waals surface area contributed by atoms with Crippen molar-refractivity contribution in [1.82, 2.24) is 0 Å². The minimum absolute atomic E-state index is 0.0689. The molecule has 2 rings (SSSR count). The van der Waals surface area contributed by atoms with Gasteiger partial charge in [-0.3, -0.25) is 0 Å². The summed E-state index contributed by atoms with van der Waals surface area (Å²) in [7, 11) is 0. The zero-order chi connectivity index (χ0) is 13.0. The first-order valence-corrected chi connectivity index (χ1v) is 6.92. The molecule has 3 N–H and O–H groups in total. The predicted molar refractivity (Wildman–Crippen MR) is 75.7 cm³/mol. The molecule has 0 amide bonds. The summed E-state index contributed by atoms with van der Waals surface area (Å²) in [5.74, 6) is 0.616. The molecule has 1 aliphatic rings. The van der Waals surface area contributed by atoms with E-state index in [1.165, 1.54) is 24.1 Å². The van der Waals surface area contributed by atoms with Crippen LogP contribution in [0.15, 0.2) is 24.3 Å². The molecule has 0 saturated carbocycles. The lowest BCUT2D eigenvalue weighted by Gasteiger charge is -2.36. The van der Waals surface area contributed by atoms with Crippen molar-refractivity contribution < 1.29 is 5.11 Å². The van der Waals surface area contributed by atoms with Gasteiger partial charge in [-0.05, 0) is 43.7 Å². The van der Waals surface area contributed by atoms with Crippen LogP contribution in [0.5, 0.6) is 0 Å². The quantitative estimate of drug-likeness (QED) is 0.859. The Hall–Kier alpha value is -1.06. The number of hydrogen-bond donors (Lipinski definition) is 2. The molecular weight excluding hydrogens is 224 g/mol. The van der Waals surface area contributed by atoms with Crippen LogP contribution in [0.1, 0.15) is 37.8 Å². The second-order valence-electron chi connectivity index (χ2n) is 5.31. The maximum atomic E-state index is 9.08. The lowest BCUT2D eigenvalue weighted by Crippen LogP contribution is -2.36. The maximum Gasteiger partial charge on any atom is 0.0434 e. The lowest BCUT2D eigenvalue weighted by atomic mass is 9.93. The van der Waals surface area contributed by atoms with E-state index in [0.717, 1.165) is 19.5 Å². The summed E-state index contributed by atoms with van der Waals surface area (Å²) >= 11 is 0. The van der Waals surface area contributed by atoms with Crippen LogP contribution in [0.25, 0.3) is 0 Å². The Balaban J connectivity index is 2.15. The highest BCUT2D eigenvalue weighted by atomic mass is 16.3. The van der Waals surface area contributed by atoms with Crippen molar-refractivity contribution in [2.24, 2.45) is 11.7 Å². The molecule has 0 radical (unpaired) electrons. The van der Waals surface area contributed by atoms with Crippen LogP contribution in [0, 0.1) is 5.92 Å². The Morgan fingerprint density at radius 1 is 1.44 bits per heavy atom. The molecule has 0 bridgehead atoms. The fourth-order valence-corrected chi connectivity index (χ4v) is 2.86. The van der Waals surface area contributed by atoms with Gasteiger partial charge in [0.1, 0.15) is 0 Å². The highest BCUT2D eigenvalue weighted by Gasteiger charge is 2.21. The second-order valence-corrected chi connectivity index (χ2v) is 5.31. The molecule has 0 spiro atoms. The summed E-state index contributed by atoms with van der Waals surface area (Å²) in [6.45, 7) is 4.48. The Kier molecular flexibility index (Phi) is 4.61. The van der Waals surface area contributed by atoms with E-state index < -0.39 is 0 Å². The SMILES string of the molecule is C[C@@H](N)c1ccccc1N1CCCC(CCO)C1. The Morgan fingerprint density at radius 3 is 2.94 bits per heavy atom. The van der Waals surface area contributed by atoms with Crippen LogP contribution >= 0.6 is 0 Å². The van der Waals surface area contributed by atoms with E-state index in [4.69, 9.17) is 10.8 Å². The maximum absolute atomic E-state index is 9.08. The summed E-state index contributed by atoms with van der Waals surface area (Å²) in [6, 6.07) is 8.49. The largest absolute Gasteiger partial charge is 0.396 e. The number of nitrogens with zero attached hydrogens (tertiary/aromatic N) is 1. The van der Waals surface area contributed by atoms with Crippen LogP contribution in [0.4, 0.5) is 5.69 Å². The molecule has 2 atom stereocenters. The average molecular weight is 248 g/mol. The summed E-state index contributed by atoms with van der Waals surface area (Å²) in [5.41, 5.74) is 8.55. The summed E-state index contributed by atoms with van der Waals surface area (Å²) < 4.78 is 0. The normalized spacial score (nSPS) is 21.9. The molecule has 1 aromatic rings. The van der Waals surface area contributed by atoms with Crippen molar-refractivity contribution in [3.05, 3.63) is 29.8 Å². The first kappa shape index (κ1) is 13.4. The van der Waals surface area contributed by atoms with E-state index in [0.29, 0.717) is 12.5 Å². The van der Waals surface area contributed by atoms with Gasteiger partial charge in [0.2, 0.25) is 0 Å². The molecule has 3 nitrogen and oxygen atoms in total. The van der Waals surface area contributed by atoms with Crippen molar-refractivity contribution in [2.45, 2.75) is 32.2 Å².